The molecule has 2 heterocycles. The maximum absolute atomic E-state index is 14.6. The summed E-state index contributed by atoms with van der Waals surface area (Å²) in [4.78, 5) is 35.0. The van der Waals surface area contributed by atoms with Gasteiger partial charge in [0.2, 0.25) is 15.9 Å². The second-order valence-corrected chi connectivity index (χ2v) is 14.2. The summed E-state index contributed by atoms with van der Waals surface area (Å²) in [5.41, 5.74) is 7.50. The molecule has 2 atom stereocenters. The summed E-state index contributed by atoms with van der Waals surface area (Å²) in [6.07, 6.45) is 0.878. The average Bonchev–Trinajstić information content (AvgIpc) is 3.42. The fourth-order valence-corrected chi connectivity index (χ4v) is 6.88. The van der Waals surface area contributed by atoms with E-state index in [-0.39, 0.29) is 28.6 Å². The van der Waals surface area contributed by atoms with Gasteiger partial charge in [-0.25, -0.2) is 17.5 Å². The molecule has 1 fully saturated rings. The normalized spacial score (nSPS) is 19.1. The SMILES string of the molecule is CCOc1ccc(S(=O)(=O)N(C)C)cc1C1=NC(c2ccc(Cl)cc2)C(c2ccc(Cl)cc2)N1C(=O)N1CCC(C(N)=O)CC1. The van der Waals surface area contributed by atoms with E-state index in [1.165, 1.54) is 26.2 Å². The Kier molecular flexibility index (Phi) is 9.74. The minimum atomic E-state index is -3.84. The van der Waals surface area contributed by atoms with Crippen LogP contribution < -0.4 is 10.5 Å². The zero-order valence-electron chi connectivity index (χ0n) is 25.2. The number of aliphatic imine (C=N–C) groups is 1. The van der Waals surface area contributed by atoms with Crippen LogP contribution >= 0.6 is 23.2 Å². The summed E-state index contributed by atoms with van der Waals surface area (Å²) < 4.78 is 33.6. The van der Waals surface area contributed by atoms with Crippen molar-refractivity contribution in [1.82, 2.24) is 14.1 Å². The van der Waals surface area contributed by atoms with Crippen molar-refractivity contribution in [2.24, 2.45) is 16.6 Å². The smallest absolute Gasteiger partial charge is 0.326 e. The van der Waals surface area contributed by atoms with Crippen molar-refractivity contribution in [3.8, 4) is 5.75 Å². The molecule has 1 saturated heterocycles. The highest BCUT2D eigenvalue weighted by atomic mass is 35.5. The summed E-state index contributed by atoms with van der Waals surface area (Å²) >= 11 is 12.5. The van der Waals surface area contributed by atoms with Crippen LogP contribution in [0.2, 0.25) is 10.0 Å². The van der Waals surface area contributed by atoms with Gasteiger partial charge < -0.3 is 15.4 Å². The molecule has 10 nitrogen and oxygen atoms in total. The molecule has 2 N–H and O–H groups in total. The first-order valence-corrected chi connectivity index (χ1v) is 16.8. The molecule has 0 bridgehead atoms. The van der Waals surface area contributed by atoms with Crippen molar-refractivity contribution in [1.29, 1.82) is 0 Å². The Morgan fingerprint density at radius 2 is 1.53 bits per heavy atom. The third-order valence-electron chi connectivity index (χ3n) is 8.13. The molecule has 238 valence electrons. The summed E-state index contributed by atoms with van der Waals surface area (Å²) in [5, 5.41) is 1.09. The number of sulfonamides is 1. The van der Waals surface area contributed by atoms with Crippen LogP contribution in [-0.4, -0.2) is 74.1 Å². The number of ether oxygens (including phenoxy) is 1. The Hall–Kier alpha value is -3.64. The predicted octanol–water partition coefficient (Wildman–Crippen LogP) is 5.50. The largest absolute Gasteiger partial charge is 0.493 e. The molecule has 2 aliphatic rings. The van der Waals surface area contributed by atoms with E-state index in [9.17, 15) is 18.0 Å². The number of hydrogen-bond donors (Lipinski definition) is 1. The standard InChI is InChI=1S/C32H35Cl2N5O5S/c1-4-44-27-14-13-25(45(42,43)37(2)3)19-26(27)31-36-28(20-5-9-23(33)10-6-20)29(21-7-11-24(34)12-8-21)39(31)32(41)38-17-15-22(16-18-38)30(35)40/h5-14,19,22,28-29H,4,15-18H2,1-3H3,(H2,35,40). The maximum atomic E-state index is 14.6. The van der Waals surface area contributed by atoms with Crippen LogP contribution in [0.5, 0.6) is 5.75 Å². The molecule has 3 aromatic carbocycles. The van der Waals surface area contributed by atoms with Crippen LogP contribution in [-0.2, 0) is 14.8 Å². The van der Waals surface area contributed by atoms with Gasteiger partial charge in [0.05, 0.1) is 23.1 Å². The predicted molar refractivity (Wildman–Crippen MR) is 174 cm³/mol. The van der Waals surface area contributed by atoms with Gasteiger partial charge in [0.25, 0.3) is 0 Å². The first kappa shape index (κ1) is 32.7. The van der Waals surface area contributed by atoms with Crippen molar-refractivity contribution >= 4 is 51.0 Å². The molecule has 0 radical (unpaired) electrons. The number of nitrogens with zero attached hydrogens (tertiary/aromatic N) is 4. The molecule has 0 aliphatic carbocycles. The minimum absolute atomic E-state index is 0.0290. The van der Waals surface area contributed by atoms with E-state index in [1.807, 2.05) is 31.2 Å². The molecule has 2 unspecified atom stereocenters. The Bertz CT molecular complexity index is 1710. The van der Waals surface area contributed by atoms with Gasteiger partial charge in [-0.1, -0.05) is 47.5 Å². The van der Waals surface area contributed by atoms with E-state index < -0.39 is 22.1 Å². The van der Waals surface area contributed by atoms with E-state index in [2.05, 4.69) is 0 Å². The molecule has 2 aliphatic heterocycles. The van der Waals surface area contributed by atoms with Gasteiger partial charge in [-0.15, -0.1) is 0 Å². The van der Waals surface area contributed by atoms with Crippen LogP contribution in [0.4, 0.5) is 4.79 Å². The number of urea groups is 1. The molecule has 0 saturated carbocycles. The van der Waals surface area contributed by atoms with Crippen LogP contribution in [0.1, 0.15) is 48.5 Å². The second kappa shape index (κ2) is 13.4. The number of benzene rings is 3. The second-order valence-electron chi connectivity index (χ2n) is 11.1. The summed E-state index contributed by atoms with van der Waals surface area (Å²) in [5.74, 6) is -0.0539. The number of primary amides is 1. The number of carbonyl (C=O) groups excluding carboxylic acids is 2. The van der Waals surface area contributed by atoms with Crippen LogP contribution in [0.3, 0.4) is 0 Å². The Morgan fingerprint density at radius 1 is 0.956 bits per heavy atom. The molecule has 45 heavy (non-hydrogen) atoms. The summed E-state index contributed by atoms with van der Waals surface area (Å²) in [7, 11) is -0.927. The molecule has 5 rings (SSSR count). The number of nitrogens with two attached hydrogens (primary N) is 1. The van der Waals surface area contributed by atoms with E-state index in [1.54, 1.807) is 40.1 Å². The highest BCUT2D eigenvalue weighted by Gasteiger charge is 2.45. The van der Waals surface area contributed by atoms with Gasteiger partial charge in [0, 0.05) is 43.1 Å². The van der Waals surface area contributed by atoms with Crippen LogP contribution in [0.15, 0.2) is 76.6 Å². The molecule has 3 aromatic rings. The molecular formula is C32H35Cl2N5O5S. The van der Waals surface area contributed by atoms with E-state index >= 15 is 0 Å². The quantitative estimate of drug-likeness (QED) is 0.338. The third kappa shape index (κ3) is 6.67. The lowest BCUT2D eigenvalue weighted by Crippen LogP contribution is -2.50. The van der Waals surface area contributed by atoms with Crippen molar-refractivity contribution < 1.29 is 22.7 Å². The van der Waals surface area contributed by atoms with Crippen molar-refractivity contribution in [3.63, 3.8) is 0 Å². The molecular weight excluding hydrogens is 637 g/mol. The first-order valence-electron chi connectivity index (χ1n) is 14.6. The highest BCUT2D eigenvalue weighted by Crippen LogP contribution is 2.46. The average molecular weight is 673 g/mol. The van der Waals surface area contributed by atoms with Gasteiger partial charge in [0.15, 0.2) is 0 Å². The number of amides is 3. The van der Waals surface area contributed by atoms with Gasteiger partial charge >= 0.3 is 6.03 Å². The fourth-order valence-electron chi connectivity index (χ4n) is 5.70. The number of halogens is 2. The topological polar surface area (TPSA) is 126 Å². The maximum Gasteiger partial charge on any atom is 0.326 e. The molecule has 13 heteroatoms. The zero-order chi connectivity index (χ0) is 32.5. The lowest BCUT2D eigenvalue weighted by Gasteiger charge is -2.37. The van der Waals surface area contributed by atoms with Crippen molar-refractivity contribution in [3.05, 3.63) is 93.5 Å². The van der Waals surface area contributed by atoms with E-state index in [4.69, 9.17) is 38.7 Å². The van der Waals surface area contributed by atoms with Gasteiger partial charge in [-0.05, 0) is 73.4 Å². The Morgan fingerprint density at radius 3 is 2.07 bits per heavy atom. The number of piperidine rings is 1. The Balaban J connectivity index is 1.72. The van der Waals surface area contributed by atoms with E-state index in [0.29, 0.717) is 53.9 Å². The first-order chi connectivity index (χ1) is 21.4. The van der Waals surface area contributed by atoms with Gasteiger partial charge in [-0.3, -0.25) is 14.7 Å². The highest BCUT2D eigenvalue weighted by molar-refractivity contribution is 7.89. The lowest BCUT2D eigenvalue weighted by molar-refractivity contribution is -0.123. The Labute approximate surface area is 273 Å². The monoisotopic (exact) mass is 671 g/mol. The molecule has 0 aromatic heterocycles. The summed E-state index contributed by atoms with van der Waals surface area (Å²) in [6.45, 7) is 2.77. The number of likely N-dealkylation sites (tertiary alicyclic amines) is 1. The number of hydrogen-bond acceptors (Lipinski definition) is 6. The third-order valence-corrected chi connectivity index (χ3v) is 10.4. The number of amidine groups is 1. The number of carbonyl (C=O) groups is 2. The zero-order valence-corrected chi connectivity index (χ0v) is 27.5. The lowest BCUT2D eigenvalue weighted by atomic mass is 9.93. The van der Waals surface area contributed by atoms with E-state index in [0.717, 1.165) is 15.4 Å². The minimum Gasteiger partial charge on any atom is -0.493 e. The van der Waals surface area contributed by atoms with Crippen LogP contribution in [0.25, 0.3) is 0 Å². The number of rotatable bonds is 8. The van der Waals surface area contributed by atoms with Crippen molar-refractivity contribution in [2.75, 3.05) is 33.8 Å². The summed E-state index contributed by atoms with van der Waals surface area (Å²) in [6, 6.07) is 17.5. The molecule has 3 amide bonds. The van der Waals surface area contributed by atoms with Gasteiger partial charge in [-0.2, -0.15) is 0 Å². The van der Waals surface area contributed by atoms with Gasteiger partial charge in [0.1, 0.15) is 17.6 Å². The van der Waals surface area contributed by atoms with Crippen LogP contribution in [0, 0.1) is 5.92 Å². The van der Waals surface area contributed by atoms with Crippen molar-refractivity contribution in [2.45, 2.75) is 36.7 Å². The fraction of sp³-hybridized carbons (Fsp3) is 0.344. The molecule has 0 spiro atoms.